The third-order valence-electron chi connectivity index (χ3n) is 3.41. The Kier molecular flexibility index (Phi) is 6.42. The van der Waals surface area contributed by atoms with Crippen molar-refractivity contribution in [1.82, 2.24) is 4.98 Å². The number of ether oxygens (including phenoxy) is 1. The summed E-state index contributed by atoms with van der Waals surface area (Å²) in [5.74, 6) is 1.64. The zero-order valence-electron chi connectivity index (χ0n) is 12.8. The van der Waals surface area contributed by atoms with Crippen molar-refractivity contribution in [2.75, 3.05) is 0 Å². The average Bonchev–Trinajstić information content (AvgIpc) is 2.94. The van der Waals surface area contributed by atoms with Gasteiger partial charge in [-0.05, 0) is 43.3 Å². The van der Waals surface area contributed by atoms with Gasteiger partial charge in [-0.25, -0.2) is 4.98 Å². The van der Waals surface area contributed by atoms with Crippen molar-refractivity contribution in [2.24, 2.45) is 0 Å². The summed E-state index contributed by atoms with van der Waals surface area (Å²) in [6.45, 7) is 1.99. The van der Waals surface area contributed by atoms with Crippen LogP contribution in [-0.2, 0) is 16.7 Å². The number of aryl methyl sites for hydroxylation is 1. The Hall–Kier alpha value is -1.64. The van der Waals surface area contributed by atoms with Crippen LogP contribution in [-0.4, -0.2) is 47.5 Å². The number of hydrogen-bond donors (Lipinski definition) is 1. The minimum atomic E-state index is -4.20. The van der Waals surface area contributed by atoms with E-state index in [4.69, 9.17) is 13.7 Å². The summed E-state index contributed by atoms with van der Waals surface area (Å²) in [6, 6.07) is 15.0. The van der Waals surface area contributed by atoms with E-state index < -0.39 is 10.1 Å². The first kappa shape index (κ1) is 19.7. The van der Waals surface area contributed by atoms with Gasteiger partial charge in [-0.2, -0.15) is 8.42 Å². The van der Waals surface area contributed by atoms with Crippen molar-refractivity contribution < 1.29 is 22.1 Å². The zero-order valence-corrected chi connectivity index (χ0v) is 13.7. The van der Waals surface area contributed by atoms with Gasteiger partial charge in [0, 0.05) is 5.56 Å². The maximum absolute atomic E-state index is 11.0. The van der Waals surface area contributed by atoms with E-state index in [9.17, 15) is 8.42 Å². The topological polar surface area (TPSA) is 89.6 Å². The van der Waals surface area contributed by atoms with Crippen molar-refractivity contribution >= 4 is 39.7 Å². The SMILES string of the molecule is Cc1oc(-c2ccccc2)nc1COc1ccc(S(=O)(=O)O)cc1.[NaH]. The van der Waals surface area contributed by atoms with Gasteiger partial charge in [-0.15, -0.1) is 0 Å². The normalized spacial score (nSPS) is 11.0. The molecule has 1 heterocycles. The van der Waals surface area contributed by atoms with Crippen LogP contribution < -0.4 is 4.74 Å². The number of aromatic nitrogens is 1. The molecule has 0 aliphatic rings. The molecule has 3 aromatic rings. The molecule has 0 amide bonds. The molecule has 0 unspecified atom stereocenters. The van der Waals surface area contributed by atoms with Crippen LogP contribution in [0.25, 0.3) is 11.5 Å². The summed E-state index contributed by atoms with van der Waals surface area (Å²) in [5.41, 5.74) is 1.54. The molecule has 0 aliphatic heterocycles. The van der Waals surface area contributed by atoms with Crippen molar-refractivity contribution in [3.63, 3.8) is 0 Å². The van der Waals surface area contributed by atoms with Gasteiger partial charge in [0.25, 0.3) is 10.1 Å². The first-order chi connectivity index (χ1) is 11.4. The van der Waals surface area contributed by atoms with Gasteiger partial charge in [0.2, 0.25) is 5.89 Å². The van der Waals surface area contributed by atoms with Gasteiger partial charge in [0.05, 0.1) is 4.90 Å². The summed E-state index contributed by atoms with van der Waals surface area (Å²) < 4.78 is 42.2. The monoisotopic (exact) mass is 369 g/mol. The first-order valence-electron chi connectivity index (χ1n) is 7.15. The van der Waals surface area contributed by atoms with E-state index in [0.717, 1.165) is 5.56 Å². The molecule has 0 bridgehead atoms. The molecule has 8 heteroatoms. The summed E-state index contributed by atoms with van der Waals surface area (Å²) >= 11 is 0. The van der Waals surface area contributed by atoms with Crippen LogP contribution in [0.2, 0.25) is 0 Å². The predicted octanol–water partition coefficient (Wildman–Crippen LogP) is 2.83. The fraction of sp³-hybridized carbons (Fsp3) is 0.118. The number of oxazole rings is 1. The average molecular weight is 369 g/mol. The van der Waals surface area contributed by atoms with Crippen LogP contribution in [0, 0.1) is 6.92 Å². The van der Waals surface area contributed by atoms with E-state index in [2.05, 4.69) is 4.98 Å². The van der Waals surface area contributed by atoms with Crippen LogP contribution >= 0.6 is 0 Å². The van der Waals surface area contributed by atoms with Gasteiger partial charge < -0.3 is 9.15 Å². The second kappa shape index (κ2) is 8.16. The van der Waals surface area contributed by atoms with Crippen LogP contribution in [0.1, 0.15) is 11.5 Å². The summed E-state index contributed by atoms with van der Waals surface area (Å²) in [7, 11) is -4.20. The zero-order chi connectivity index (χ0) is 17.2. The Balaban J connectivity index is 0.00000225. The van der Waals surface area contributed by atoms with E-state index in [0.29, 0.717) is 23.1 Å². The molecule has 3 rings (SSSR count). The number of benzene rings is 2. The van der Waals surface area contributed by atoms with Gasteiger partial charge in [0.1, 0.15) is 23.8 Å². The summed E-state index contributed by atoms with van der Waals surface area (Å²) in [6.07, 6.45) is 0. The number of hydrogen-bond acceptors (Lipinski definition) is 5. The molecule has 0 spiro atoms. The van der Waals surface area contributed by atoms with Crippen molar-refractivity contribution in [3.05, 3.63) is 66.1 Å². The Morgan fingerprint density at radius 3 is 2.32 bits per heavy atom. The Morgan fingerprint density at radius 1 is 1.08 bits per heavy atom. The van der Waals surface area contributed by atoms with Crippen molar-refractivity contribution in [3.8, 4) is 17.2 Å². The van der Waals surface area contributed by atoms with Gasteiger partial charge in [0.15, 0.2) is 0 Å². The third kappa shape index (κ3) is 4.93. The van der Waals surface area contributed by atoms with Crippen molar-refractivity contribution in [1.29, 1.82) is 0 Å². The quantitative estimate of drug-likeness (QED) is 0.549. The molecule has 0 saturated carbocycles. The van der Waals surface area contributed by atoms with Gasteiger partial charge >= 0.3 is 29.6 Å². The molecular formula is C17H16NNaO5S. The molecule has 0 aliphatic carbocycles. The molecule has 0 radical (unpaired) electrons. The first-order valence-corrected chi connectivity index (χ1v) is 8.59. The summed E-state index contributed by atoms with van der Waals surface area (Å²) in [4.78, 5) is 4.24. The van der Waals surface area contributed by atoms with Gasteiger partial charge in [-0.3, -0.25) is 4.55 Å². The van der Waals surface area contributed by atoms with Gasteiger partial charge in [-0.1, -0.05) is 18.2 Å². The molecule has 0 atom stereocenters. The Labute approximate surface area is 167 Å². The standard InChI is InChI=1S/C17H15NO5S.Na.H/c1-12-16(18-17(23-12)13-5-3-2-4-6-13)11-22-14-7-9-15(10-8-14)24(19,20)21;;/h2-10H,11H2,1H3,(H,19,20,21);;. The fourth-order valence-electron chi connectivity index (χ4n) is 2.13. The number of nitrogens with zero attached hydrogens (tertiary/aromatic N) is 1. The van der Waals surface area contributed by atoms with Crippen LogP contribution in [0.4, 0.5) is 0 Å². The molecule has 0 saturated heterocycles. The molecular weight excluding hydrogens is 353 g/mol. The molecule has 0 fully saturated rings. The molecule has 126 valence electrons. The predicted molar refractivity (Wildman–Crippen MR) is 94.4 cm³/mol. The maximum atomic E-state index is 11.0. The van der Waals surface area contributed by atoms with E-state index in [-0.39, 0.29) is 41.1 Å². The van der Waals surface area contributed by atoms with E-state index in [1.807, 2.05) is 30.3 Å². The summed E-state index contributed by atoms with van der Waals surface area (Å²) in [5, 5.41) is 0. The molecule has 2 aromatic carbocycles. The number of rotatable bonds is 5. The van der Waals surface area contributed by atoms with Crippen molar-refractivity contribution in [2.45, 2.75) is 18.4 Å². The van der Waals surface area contributed by atoms with Crippen LogP contribution in [0.5, 0.6) is 5.75 Å². The minimum absolute atomic E-state index is 0. The van der Waals surface area contributed by atoms with Crippen LogP contribution in [0.15, 0.2) is 63.9 Å². The van der Waals surface area contributed by atoms with E-state index >= 15 is 0 Å². The fourth-order valence-corrected chi connectivity index (χ4v) is 2.61. The van der Waals surface area contributed by atoms with Crippen LogP contribution in [0.3, 0.4) is 0 Å². The molecule has 25 heavy (non-hydrogen) atoms. The molecule has 6 nitrogen and oxygen atoms in total. The second-order valence-corrected chi connectivity index (χ2v) is 6.54. The molecule has 1 aromatic heterocycles. The Bertz CT molecular complexity index is 937. The van der Waals surface area contributed by atoms with E-state index in [1.54, 1.807) is 6.92 Å². The second-order valence-electron chi connectivity index (χ2n) is 5.12. The molecule has 1 N–H and O–H groups in total. The van der Waals surface area contributed by atoms with E-state index in [1.165, 1.54) is 24.3 Å². The third-order valence-corrected chi connectivity index (χ3v) is 4.28. The Morgan fingerprint density at radius 2 is 1.72 bits per heavy atom.